The molecular formula is C9H10BrO. The van der Waals surface area contributed by atoms with E-state index in [4.69, 9.17) is 4.74 Å². The van der Waals surface area contributed by atoms with Gasteiger partial charge in [0.1, 0.15) is 6.61 Å². The van der Waals surface area contributed by atoms with Crippen LogP contribution in [-0.2, 0) is 10.1 Å². The molecule has 1 aromatic carbocycles. The van der Waals surface area contributed by atoms with E-state index in [0.717, 1.165) is 10.9 Å². The van der Waals surface area contributed by atoms with Crippen molar-refractivity contribution in [1.82, 2.24) is 0 Å². The fourth-order valence-electron chi connectivity index (χ4n) is 0.898. The van der Waals surface area contributed by atoms with E-state index >= 15 is 0 Å². The van der Waals surface area contributed by atoms with Crippen molar-refractivity contribution >= 4 is 15.9 Å². The van der Waals surface area contributed by atoms with Crippen molar-refractivity contribution in [2.24, 2.45) is 0 Å². The lowest BCUT2D eigenvalue weighted by atomic mass is 10.1. The predicted octanol–water partition coefficient (Wildman–Crippen LogP) is 2.74. The highest BCUT2D eigenvalue weighted by atomic mass is 79.9. The van der Waals surface area contributed by atoms with Gasteiger partial charge in [0.15, 0.2) is 0 Å². The first-order valence-corrected chi connectivity index (χ1v) is 4.50. The lowest BCUT2D eigenvalue weighted by Crippen LogP contribution is -1.89. The van der Waals surface area contributed by atoms with Crippen molar-refractivity contribution in [3.05, 3.63) is 42.0 Å². The summed E-state index contributed by atoms with van der Waals surface area (Å²) < 4.78 is 4.92. The molecule has 11 heavy (non-hydrogen) atoms. The molecule has 1 nitrogen and oxygen atoms in total. The molecule has 0 aliphatic rings. The number of hydrogen-bond donors (Lipinski definition) is 0. The van der Waals surface area contributed by atoms with Gasteiger partial charge in [-0.1, -0.05) is 40.2 Å². The minimum absolute atomic E-state index is 0.864. The molecule has 0 unspecified atom stereocenters. The molecule has 0 aromatic heterocycles. The second-order valence-electron chi connectivity index (χ2n) is 2.19. The quantitative estimate of drug-likeness (QED) is 0.703. The molecule has 0 spiro atoms. The van der Waals surface area contributed by atoms with Gasteiger partial charge in [-0.25, -0.2) is 0 Å². The van der Waals surface area contributed by atoms with Crippen LogP contribution in [0.1, 0.15) is 11.1 Å². The summed E-state index contributed by atoms with van der Waals surface area (Å²) in [7, 11) is 1.66. The third-order valence-electron chi connectivity index (χ3n) is 1.44. The number of alkyl halides is 1. The summed E-state index contributed by atoms with van der Waals surface area (Å²) in [5.74, 6) is 0. The number of methoxy groups -OCH3 is 1. The Hall–Kier alpha value is -0.340. The molecule has 1 rings (SSSR count). The van der Waals surface area contributed by atoms with Crippen LogP contribution in [0.15, 0.2) is 24.3 Å². The maximum Gasteiger partial charge on any atom is 0.113 e. The van der Waals surface area contributed by atoms with E-state index in [2.05, 4.69) is 22.0 Å². The maximum atomic E-state index is 4.92. The van der Waals surface area contributed by atoms with Gasteiger partial charge >= 0.3 is 0 Å². The Morgan fingerprint density at radius 1 is 1.45 bits per heavy atom. The normalized spacial score (nSPS) is 10.0. The van der Waals surface area contributed by atoms with Crippen LogP contribution in [0.3, 0.4) is 0 Å². The van der Waals surface area contributed by atoms with Crippen LogP contribution >= 0.6 is 15.9 Å². The topological polar surface area (TPSA) is 9.23 Å². The van der Waals surface area contributed by atoms with Crippen molar-refractivity contribution in [3.63, 3.8) is 0 Å². The van der Waals surface area contributed by atoms with Crippen LogP contribution in [0.25, 0.3) is 0 Å². The van der Waals surface area contributed by atoms with Gasteiger partial charge in [-0.2, -0.15) is 0 Å². The van der Waals surface area contributed by atoms with Crippen molar-refractivity contribution in [3.8, 4) is 0 Å². The van der Waals surface area contributed by atoms with Crippen LogP contribution in [0.5, 0.6) is 0 Å². The first-order valence-electron chi connectivity index (χ1n) is 3.38. The SMILES string of the molecule is CO[CH]c1ccccc1CBr. The average Bonchev–Trinajstić information content (AvgIpc) is 2.06. The Morgan fingerprint density at radius 3 is 2.82 bits per heavy atom. The molecule has 0 aliphatic heterocycles. The van der Waals surface area contributed by atoms with Crippen LogP contribution in [0.4, 0.5) is 0 Å². The van der Waals surface area contributed by atoms with Gasteiger partial charge in [0.05, 0.1) is 0 Å². The van der Waals surface area contributed by atoms with E-state index in [1.807, 2.05) is 18.2 Å². The first kappa shape index (κ1) is 8.75. The Morgan fingerprint density at radius 2 is 2.18 bits per heavy atom. The van der Waals surface area contributed by atoms with Gasteiger partial charge in [-0.15, -0.1) is 0 Å². The van der Waals surface area contributed by atoms with Crippen LogP contribution < -0.4 is 0 Å². The zero-order valence-electron chi connectivity index (χ0n) is 6.38. The molecule has 0 atom stereocenters. The number of rotatable bonds is 3. The summed E-state index contributed by atoms with van der Waals surface area (Å²) in [6, 6.07) is 8.11. The van der Waals surface area contributed by atoms with E-state index < -0.39 is 0 Å². The lowest BCUT2D eigenvalue weighted by molar-refractivity contribution is 0.292. The number of hydrogen-bond acceptors (Lipinski definition) is 1. The summed E-state index contributed by atoms with van der Waals surface area (Å²) in [6.07, 6.45) is 0. The molecule has 0 bridgehead atoms. The van der Waals surface area contributed by atoms with E-state index in [0.29, 0.717) is 0 Å². The van der Waals surface area contributed by atoms with Gasteiger partial charge in [-0.3, -0.25) is 0 Å². The smallest absolute Gasteiger partial charge is 0.113 e. The average molecular weight is 214 g/mol. The molecule has 0 heterocycles. The van der Waals surface area contributed by atoms with Gasteiger partial charge in [0, 0.05) is 12.4 Å². The zero-order chi connectivity index (χ0) is 8.10. The van der Waals surface area contributed by atoms with Crippen LogP contribution in [0.2, 0.25) is 0 Å². The highest BCUT2D eigenvalue weighted by Crippen LogP contribution is 2.13. The zero-order valence-corrected chi connectivity index (χ0v) is 7.97. The Balaban J connectivity index is 2.83. The monoisotopic (exact) mass is 213 g/mol. The van der Waals surface area contributed by atoms with E-state index in [-0.39, 0.29) is 0 Å². The van der Waals surface area contributed by atoms with Crippen LogP contribution in [-0.4, -0.2) is 7.11 Å². The van der Waals surface area contributed by atoms with Gasteiger partial charge < -0.3 is 4.74 Å². The molecule has 0 saturated carbocycles. The van der Waals surface area contributed by atoms with Crippen molar-refractivity contribution < 1.29 is 4.74 Å². The van der Waals surface area contributed by atoms with Crippen LogP contribution in [0, 0.1) is 6.61 Å². The molecule has 2 heteroatoms. The molecule has 0 N–H and O–H groups in total. The molecule has 1 aromatic rings. The van der Waals surface area contributed by atoms with E-state index in [1.54, 1.807) is 13.7 Å². The number of benzene rings is 1. The summed E-state index contributed by atoms with van der Waals surface area (Å²) >= 11 is 3.40. The second-order valence-corrected chi connectivity index (χ2v) is 2.75. The van der Waals surface area contributed by atoms with E-state index in [1.165, 1.54) is 5.56 Å². The fourth-order valence-corrected chi connectivity index (χ4v) is 1.41. The maximum absolute atomic E-state index is 4.92. The molecule has 0 fully saturated rings. The molecule has 0 saturated heterocycles. The predicted molar refractivity (Wildman–Crippen MR) is 49.5 cm³/mol. The second kappa shape index (κ2) is 4.52. The number of ether oxygens (including phenoxy) is 1. The number of halogens is 1. The Kier molecular flexibility index (Phi) is 3.60. The minimum atomic E-state index is 0.864. The van der Waals surface area contributed by atoms with E-state index in [9.17, 15) is 0 Å². The van der Waals surface area contributed by atoms with Gasteiger partial charge in [0.25, 0.3) is 0 Å². The van der Waals surface area contributed by atoms with Crippen molar-refractivity contribution in [2.45, 2.75) is 5.33 Å². The molecule has 0 amide bonds. The molecular weight excluding hydrogens is 204 g/mol. The lowest BCUT2D eigenvalue weighted by Gasteiger charge is -2.03. The molecule has 0 aliphatic carbocycles. The summed E-state index contributed by atoms with van der Waals surface area (Å²) in [5, 5.41) is 0.864. The summed E-state index contributed by atoms with van der Waals surface area (Å²) in [5.41, 5.74) is 2.38. The highest BCUT2D eigenvalue weighted by Gasteiger charge is 1.98. The Labute approximate surface area is 75.5 Å². The minimum Gasteiger partial charge on any atom is -0.374 e. The van der Waals surface area contributed by atoms with Gasteiger partial charge in [-0.05, 0) is 11.1 Å². The highest BCUT2D eigenvalue weighted by molar-refractivity contribution is 9.08. The molecule has 59 valence electrons. The first-order chi connectivity index (χ1) is 5.38. The van der Waals surface area contributed by atoms with Crippen molar-refractivity contribution in [1.29, 1.82) is 0 Å². The Bertz CT molecular complexity index is 223. The molecule has 1 radical (unpaired) electrons. The van der Waals surface area contributed by atoms with Gasteiger partial charge in [0.2, 0.25) is 0 Å². The largest absolute Gasteiger partial charge is 0.374 e. The third kappa shape index (κ3) is 2.31. The standard InChI is InChI=1S/C9H10BrO/c1-11-7-9-5-3-2-4-8(9)6-10/h2-5,7H,6H2,1H3. The summed E-state index contributed by atoms with van der Waals surface area (Å²) in [4.78, 5) is 0. The fraction of sp³-hybridized carbons (Fsp3) is 0.222. The summed E-state index contributed by atoms with van der Waals surface area (Å²) in [6.45, 7) is 1.75. The third-order valence-corrected chi connectivity index (χ3v) is 2.05. The van der Waals surface area contributed by atoms with Crippen molar-refractivity contribution in [2.75, 3.05) is 7.11 Å².